The number of nitrogens with zero attached hydrogens (tertiary/aromatic N) is 1. The highest BCUT2D eigenvalue weighted by molar-refractivity contribution is 8.93. The van der Waals surface area contributed by atoms with E-state index in [1.165, 1.54) is 0 Å². The van der Waals surface area contributed by atoms with Crippen molar-refractivity contribution >= 4 is 28.9 Å². The third kappa shape index (κ3) is 5.06. The van der Waals surface area contributed by atoms with E-state index in [2.05, 4.69) is 18.9 Å². The van der Waals surface area contributed by atoms with Crippen LogP contribution in [0.2, 0.25) is 0 Å². The topological polar surface area (TPSA) is 68.4 Å². The number of epoxide rings is 1. The Hall–Kier alpha value is -1.44. The summed E-state index contributed by atoms with van der Waals surface area (Å²) >= 11 is 0. The van der Waals surface area contributed by atoms with Gasteiger partial charge in [-0.3, -0.25) is 14.5 Å². The van der Waals surface area contributed by atoms with Gasteiger partial charge in [0, 0.05) is 31.3 Å². The van der Waals surface area contributed by atoms with Gasteiger partial charge >= 0.3 is 11.9 Å². The van der Waals surface area contributed by atoms with Crippen LogP contribution in [0.1, 0.15) is 56.9 Å². The lowest BCUT2D eigenvalue weighted by atomic mass is 9.97. The van der Waals surface area contributed by atoms with E-state index in [4.69, 9.17) is 14.2 Å². The lowest BCUT2D eigenvalue weighted by Crippen LogP contribution is -2.48. The fourth-order valence-electron chi connectivity index (χ4n) is 4.80. The Bertz CT molecular complexity index is 712. The fourth-order valence-corrected chi connectivity index (χ4v) is 4.80. The second-order valence-electron chi connectivity index (χ2n) is 8.50. The predicted molar refractivity (Wildman–Crippen MR) is 118 cm³/mol. The number of fused-ring (bicyclic) bond motifs is 5. The molecule has 3 saturated heterocycles. The van der Waals surface area contributed by atoms with Crippen LogP contribution in [0, 0.1) is 0 Å². The zero-order valence-corrected chi connectivity index (χ0v) is 19.4. The number of piperidine rings is 1. The zero-order valence-electron chi connectivity index (χ0n) is 17.7. The number of likely N-dealkylation sites (N-methyl/N-ethyl adjacent to an activating group) is 1. The summed E-state index contributed by atoms with van der Waals surface area (Å²) in [4.78, 5) is 27.4. The Morgan fingerprint density at radius 3 is 2.43 bits per heavy atom. The minimum atomic E-state index is -0.589. The SMILES string of the molecule is Br.CCCCCC(=O)OC[C@@H](C(=O)OC1C[C@@H]2[C@H]3O[C@H]3[C@H](C1)N2C)c1ccccc1. The van der Waals surface area contributed by atoms with E-state index < -0.39 is 5.92 Å². The van der Waals surface area contributed by atoms with Crippen molar-refractivity contribution in [3.8, 4) is 0 Å². The molecule has 0 saturated carbocycles. The van der Waals surface area contributed by atoms with Crippen molar-refractivity contribution in [1.82, 2.24) is 4.90 Å². The number of hydrogen-bond donors (Lipinski definition) is 0. The van der Waals surface area contributed by atoms with Crippen molar-refractivity contribution in [2.24, 2.45) is 0 Å². The van der Waals surface area contributed by atoms with Gasteiger partial charge in [0.05, 0.1) is 0 Å². The quantitative estimate of drug-likeness (QED) is 0.304. The summed E-state index contributed by atoms with van der Waals surface area (Å²) in [6, 6.07) is 10.1. The zero-order chi connectivity index (χ0) is 20.4. The number of carbonyl (C=O) groups excluding carboxylic acids is 2. The van der Waals surface area contributed by atoms with Crippen LogP contribution in [0.5, 0.6) is 0 Å². The van der Waals surface area contributed by atoms with Gasteiger partial charge in [-0.1, -0.05) is 50.1 Å². The maximum Gasteiger partial charge on any atom is 0.317 e. The summed E-state index contributed by atoms with van der Waals surface area (Å²) in [5.74, 6) is -1.14. The molecule has 3 fully saturated rings. The van der Waals surface area contributed by atoms with Crippen molar-refractivity contribution < 1.29 is 23.8 Å². The summed E-state index contributed by atoms with van der Waals surface area (Å²) in [5.41, 5.74) is 0.820. The van der Waals surface area contributed by atoms with Crippen molar-refractivity contribution in [3.63, 3.8) is 0 Å². The van der Waals surface area contributed by atoms with Gasteiger partial charge in [0.1, 0.15) is 30.8 Å². The molecule has 30 heavy (non-hydrogen) atoms. The molecule has 0 amide bonds. The van der Waals surface area contributed by atoms with Crippen LogP contribution in [-0.2, 0) is 23.8 Å². The molecule has 0 radical (unpaired) electrons. The number of rotatable bonds is 9. The van der Waals surface area contributed by atoms with Gasteiger partial charge in [-0.15, -0.1) is 17.0 Å². The average molecular weight is 482 g/mol. The van der Waals surface area contributed by atoms with Gasteiger partial charge in [0.15, 0.2) is 0 Å². The third-order valence-corrected chi connectivity index (χ3v) is 6.54. The molecule has 6 nitrogen and oxygen atoms in total. The van der Waals surface area contributed by atoms with Gasteiger partial charge < -0.3 is 14.2 Å². The Morgan fingerprint density at radius 2 is 1.80 bits per heavy atom. The fraction of sp³-hybridized carbons (Fsp3) is 0.652. The van der Waals surface area contributed by atoms with Crippen LogP contribution >= 0.6 is 17.0 Å². The molecular weight excluding hydrogens is 450 g/mol. The molecule has 2 bridgehead atoms. The Labute approximate surface area is 189 Å². The molecule has 0 aliphatic carbocycles. The minimum absolute atomic E-state index is 0. The maximum atomic E-state index is 13.0. The Balaban J connectivity index is 0.00000256. The van der Waals surface area contributed by atoms with Gasteiger partial charge in [-0.2, -0.15) is 0 Å². The van der Waals surface area contributed by atoms with E-state index in [0.717, 1.165) is 37.7 Å². The first-order chi connectivity index (χ1) is 14.1. The highest BCUT2D eigenvalue weighted by atomic mass is 79.9. The molecule has 0 spiro atoms. The number of morpholine rings is 1. The molecular formula is C23H32BrNO5. The number of halogens is 1. The van der Waals surface area contributed by atoms with E-state index in [-0.39, 0.29) is 41.6 Å². The van der Waals surface area contributed by atoms with Gasteiger partial charge in [0.25, 0.3) is 0 Å². The highest BCUT2D eigenvalue weighted by Crippen LogP contribution is 2.48. The van der Waals surface area contributed by atoms with E-state index in [0.29, 0.717) is 30.7 Å². The molecule has 1 unspecified atom stereocenters. The summed E-state index contributed by atoms with van der Waals surface area (Å²) in [5, 5.41) is 0. The van der Waals surface area contributed by atoms with Crippen molar-refractivity contribution in [3.05, 3.63) is 35.9 Å². The van der Waals surface area contributed by atoms with Crippen LogP contribution in [0.3, 0.4) is 0 Å². The molecule has 1 aromatic carbocycles. The van der Waals surface area contributed by atoms with Crippen LogP contribution in [0.15, 0.2) is 30.3 Å². The monoisotopic (exact) mass is 481 g/mol. The molecule has 7 heteroatoms. The van der Waals surface area contributed by atoms with Crippen LogP contribution in [0.25, 0.3) is 0 Å². The van der Waals surface area contributed by atoms with Gasteiger partial charge in [-0.05, 0) is 19.0 Å². The van der Waals surface area contributed by atoms with E-state index in [9.17, 15) is 9.59 Å². The minimum Gasteiger partial charge on any atom is -0.464 e. The number of carbonyl (C=O) groups is 2. The smallest absolute Gasteiger partial charge is 0.317 e. The Kier molecular flexibility index (Phi) is 7.93. The standard InChI is InChI=1S/C23H31NO5.BrH/c1-3-4-6-11-20(25)27-14-17(15-9-7-5-8-10-15)23(26)28-16-12-18-21-22(29-21)19(13-16)24(18)2;/h5,7-10,16-19,21-22H,3-4,6,11-14H2,1-2H3;1H/t16?,17-,18-,19+,21-,22+;/m1./s1. The summed E-state index contributed by atoms with van der Waals surface area (Å²) < 4.78 is 17.1. The molecule has 3 aliphatic rings. The van der Waals surface area contributed by atoms with Crippen LogP contribution in [0.4, 0.5) is 0 Å². The molecule has 3 aliphatic heterocycles. The maximum absolute atomic E-state index is 13.0. The van der Waals surface area contributed by atoms with E-state index in [1.54, 1.807) is 0 Å². The average Bonchev–Trinajstić information content (AvgIpc) is 3.47. The van der Waals surface area contributed by atoms with E-state index in [1.807, 2.05) is 30.3 Å². The molecule has 3 heterocycles. The first-order valence-corrected chi connectivity index (χ1v) is 10.9. The van der Waals surface area contributed by atoms with Crippen LogP contribution < -0.4 is 0 Å². The molecule has 1 aromatic rings. The second-order valence-corrected chi connectivity index (χ2v) is 8.50. The predicted octanol–water partition coefficient (Wildman–Crippen LogP) is 3.63. The molecule has 166 valence electrons. The lowest BCUT2D eigenvalue weighted by Gasteiger charge is -2.38. The molecule has 0 aromatic heterocycles. The number of unbranched alkanes of at least 4 members (excludes halogenated alkanes) is 2. The third-order valence-electron chi connectivity index (χ3n) is 6.54. The number of esters is 2. The first kappa shape index (κ1) is 23.2. The number of benzene rings is 1. The molecule has 0 N–H and O–H groups in total. The Morgan fingerprint density at radius 1 is 1.13 bits per heavy atom. The second kappa shape index (κ2) is 10.2. The highest BCUT2D eigenvalue weighted by Gasteiger charge is 2.62. The van der Waals surface area contributed by atoms with Crippen molar-refractivity contribution in [2.75, 3.05) is 13.7 Å². The summed E-state index contributed by atoms with van der Waals surface area (Å²) in [7, 11) is 2.13. The van der Waals surface area contributed by atoms with Gasteiger partial charge in [-0.25, -0.2) is 0 Å². The van der Waals surface area contributed by atoms with Crippen molar-refractivity contribution in [2.45, 2.75) is 81.8 Å². The van der Waals surface area contributed by atoms with Gasteiger partial charge in [0.2, 0.25) is 0 Å². The largest absolute Gasteiger partial charge is 0.464 e. The number of hydrogen-bond acceptors (Lipinski definition) is 6. The molecule has 4 rings (SSSR count). The first-order valence-electron chi connectivity index (χ1n) is 10.9. The van der Waals surface area contributed by atoms with E-state index >= 15 is 0 Å². The normalized spacial score (nSPS) is 30.0. The summed E-state index contributed by atoms with van der Waals surface area (Å²) in [6.07, 6.45) is 5.39. The summed E-state index contributed by atoms with van der Waals surface area (Å²) in [6.45, 7) is 2.12. The lowest BCUT2D eigenvalue weighted by molar-refractivity contribution is -0.159. The van der Waals surface area contributed by atoms with Crippen LogP contribution in [-0.4, -0.2) is 60.9 Å². The number of ether oxygens (including phenoxy) is 3. The molecule has 6 atom stereocenters. The van der Waals surface area contributed by atoms with Crippen molar-refractivity contribution in [1.29, 1.82) is 0 Å².